The summed E-state index contributed by atoms with van der Waals surface area (Å²) in [5.74, 6) is 0.183. The first-order valence-corrected chi connectivity index (χ1v) is 10.4. The lowest BCUT2D eigenvalue weighted by atomic mass is 10.1. The molecule has 176 valence electrons. The summed E-state index contributed by atoms with van der Waals surface area (Å²) in [6.45, 7) is 5.60. The van der Waals surface area contributed by atoms with Gasteiger partial charge in [-0.25, -0.2) is 13.2 Å². The van der Waals surface area contributed by atoms with Gasteiger partial charge in [0.1, 0.15) is 24.5 Å². The topological polar surface area (TPSA) is 101 Å². The van der Waals surface area contributed by atoms with Crippen LogP contribution < -0.4 is 10.1 Å². The highest BCUT2D eigenvalue weighted by Gasteiger charge is 2.32. The van der Waals surface area contributed by atoms with Crippen molar-refractivity contribution in [1.82, 2.24) is 29.6 Å². The van der Waals surface area contributed by atoms with E-state index in [0.717, 1.165) is 10.2 Å². The van der Waals surface area contributed by atoms with Gasteiger partial charge < -0.3 is 15.0 Å². The number of aromatic amines is 1. The van der Waals surface area contributed by atoms with Crippen LogP contribution >= 0.6 is 0 Å². The molecule has 1 aliphatic rings. The van der Waals surface area contributed by atoms with Crippen molar-refractivity contribution >= 4 is 28.5 Å². The largest absolute Gasteiger partial charge is 0.469 e. The summed E-state index contributed by atoms with van der Waals surface area (Å²) < 4.78 is 47.0. The quantitative estimate of drug-likeness (QED) is 0.471. The molecule has 9 nitrogen and oxygen atoms in total. The third-order valence-electron chi connectivity index (χ3n) is 5.34. The average Bonchev–Trinajstić information content (AvgIpc) is 3.36. The van der Waals surface area contributed by atoms with E-state index in [1.807, 2.05) is 11.8 Å². The summed E-state index contributed by atoms with van der Waals surface area (Å²) in [7, 11) is 0. The molecular weight excluding hydrogens is 439 g/mol. The first-order chi connectivity index (χ1) is 15.8. The number of carbonyl (C=O) groups is 1. The molecule has 4 rings (SSSR count). The summed E-state index contributed by atoms with van der Waals surface area (Å²) in [5, 5.41) is 7.41. The van der Waals surface area contributed by atoms with E-state index in [-0.39, 0.29) is 37.1 Å². The van der Waals surface area contributed by atoms with Gasteiger partial charge in [-0.05, 0) is 25.0 Å². The van der Waals surface area contributed by atoms with Crippen LogP contribution in [0.2, 0.25) is 0 Å². The van der Waals surface area contributed by atoms with Crippen LogP contribution in [-0.4, -0.2) is 73.8 Å². The number of ether oxygens (including phenoxy) is 1. The average molecular weight is 463 g/mol. The van der Waals surface area contributed by atoms with Gasteiger partial charge in [0.05, 0.1) is 23.8 Å². The maximum absolute atomic E-state index is 14.7. The highest BCUT2D eigenvalue weighted by atomic mass is 19.3. The molecule has 0 saturated carbocycles. The second-order valence-electron chi connectivity index (χ2n) is 7.88. The van der Waals surface area contributed by atoms with Crippen molar-refractivity contribution < 1.29 is 22.7 Å². The molecule has 0 aromatic carbocycles. The van der Waals surface area contributed by atoms with Gasteiger partial charge in [0.25, 0.3) is 6.43 Å². The molecule has 1 aliphatic heterocycles. The predicted molar refractivity (Wildman–Crippen MR) is 116 cm³/mol. The molecule has 2 atom stereocenters. The Labute approximate surface area is 187 Å². The molecule has 0 radical (unpaired) electrons. The van der Waals surface area contributed by atoms with Crippen LogP contribution in [0, 0.1) is 6.92 Å². The molecule has 1 saturated heterocycles. The van der Waals surface area contributed by atoms with Crippen molar-refractivity contribution in [2.45, 2.75) is 38.6 Å². The highest BCUT2D eigenvalue weighted by Crippen LogP contribution is 2.30. The number of nitrogens with one attached hydrogen (secondary N) is 2. The minimum absolute atomic E-state index is 0.140. The normalized spacial score (nSPS) is 19.2. The summed E-state index contributed by atoms with van der Waals surface area (Å²) >= 11 is 0. The molecule has 1 unspecified atom stereocenters. The van der Waals surface area contributed by atoms with E-state index in [1.165, 1.54) is 18.5 Å². The zero-order valence-electron chi connectivity index (χ0n) is 18.0. The van der Waals surface area contributed by atoms with Crippen LogP contribution in [0.5, 0.6) is 5.88 Å². The first-order valence-electron chi connectivity index (χ1n) is 10.4. The minimum atomic E-state index is -2.53. The zero-order valence-corrected chi connectivity index (χ0v) is 18.0. The molecule has 3 aromatic heterocycles. The van der Waals surface area contributed by atoms with Gasteiger partial charge in [0.15, 0.2) is 5.78 Å². The third-order valence-corrected chi connectivity index (χ3v) is 5.34. The number of carbonyl (C=O) groups excluding carboxylic acids is 1. The van der Waals surface area contributed by atoms with Crippen molar-refractivity contribution in [3.8, 4) is 5.88 Å². The second-order valence-corrected chi connectivity index (χ2v) is 7.88. The zero-order chi connectivity index (χ0) is 23.5. The van der Waals surface area contributed by atoms with Gasteiger partial charge in [-0.3, -0.25) is 14.4 Å². The summed E-state index contributed by atoms with van der Waals surface area (Å²) in [4.78, 5) is 25.4. The molecule has 3 aromatic rings. The number of aryl methyl sites for hydroxylation is 1. The van der Waals surface area contributed by atoms with Crippen LogP contribution in [-0.2, 0) is 11.3 Å². The Morgan fingerprint density at radius 2 is 2.27 bits per heavy atom. The van der Waals surface area contributed by atoms with Crippen LogP contribution in [0.1, 0.15) is 12.0 Å². The summed E-state index contributed by atoms with van der Waals surface area (Å²) in [5.41, 5.74) is 1.71. The van der Waals surface area contributed by atoms with Crippen molar-refractivity contribution in [2.24, 2.45) is 0 Å². The SMILES string of the molecule is C=CC(=O)CN1CCC(F)[C@@H](Oc2nc(Nc3cnn(CC(F)F)c3)nc3[nH]cc(C)c23)C1. The van der Waals surface area contributed by atoms with Crippen LogP contribution in [0.25, 0.3) is 11.0 Å². The fraction of sp³-hybridized carbons (Fsp3) is 0.429. The Bertz CT molecular complexity index is 1150. The highest BCUT2D eigenvalue weighted by molar-refractivity contribution is 5.90. The molecule has 0 aliphatic carbocycles. The van der Waals surface area contributed by atoms with E-state index < -0.39 is 25.2 Å². The van der Waals surface area contributed by atoms with Gasteiger partial charge in [0.2, 0.25) is 11.8 Å². The molecular formula is C21H24F3N7O2. The number of likely N-dealkylation sites (tertiary alicyclic amines) is 1. The number of H-pyrrole nitrogens is 1. The number of fused-ring (bicyclic) bond motifs is 1. The first kappa shape index (κ1) is 22.8. The lowest BCUT2D eigenvalue weighted by molar-refractivity contribution is -0.116. The van der Waals surface area contributed by atoms with Crippen molar-refractivity contribution in [1.29, 1.82) is 0 Å². The number of aromatic nitrogens is 5. The maximum Gasteiger partial charge on any atom is 0.257 e. The fourth-order valence-electron chi connectivity index (χ4n) is 3.72. The fourth-order valence-corrected chi connectivity index (χ4v) is 3.72. The third kappa shape index (κ3) is 5.33. The Balaban J connectivity index is 1.57. The van der Waals surface area contributed by atoms with Crippen molar-refractivity contribution in [3.05, 3.63) is 36.8 Å². The molecule has 0 bridgehead atoms. The number of piperidine rings is 1. The molecule has 33 heavy (non-hydrogen) atoms. The van der Waals surface area contributed by atoms with Gasteiger partial charge in [-0.2, -0.15) is 15.1 Å². The number of hydrogen-bond donors (Lipinski definition) is 2. The Morgan fingerprint density at radius 3 is 3.03 bits per heavy atom. The number of ketones is 1. The number of alkyl halides is 3. The van der Waals surface area contributed by atoms with Crippen LogP contribution in [0.4, 0.5) is 24.8 Å². The lowest BCUT2D eigenvalue weighted by Gasteiger charge is -2.34. The number of anilines is 2. The molecule has 12 heteroatoms. The van der Waals surface area contributed by atoms with Gasteiger partial charge in [-0.1, -0.05) is 6.58 Å². The molecule has 4 heterocycles. The number of rotatable bonds is 9. The monoisotopic (exact) mass is 463 g/mol. The van der Waals surface area contributed by atoms with Gasteiger partial charge in [0, 0.05) is 25.5 Å². The number of hydrogen-bond acceptors (Lipinski definition) is 7. The van der Waals surface area contributed by atoms with Crippen LogP contribution in [0.15, 0.2) is 31.2 Å². The molecule has 1 fully saturated rings. The van der Waals surface area contributed by atoms with Crippen LogP contribution in [0.3, 0.4) is 0 Å². The summed E-state index contributed by atoms with van der Waals surface area (Å²) in [6.07, 6.45) is 1.41. The Morgan fingerprint density at radius 1 is 1.45 bits per heavy atom. The standard InChI is InChI=1S/C21H24F3N7O2/c1-3-14(32)9-30-5-4-15(22)16(10-30)33-20-18-12(2)6-25-19(18)28-21(29-20)27-13-7-26-31(8-13)11-17(23)24/h3,6-8,15-17H,1,4-5,9-11H2,2H3,(H2,25,27,28,29)/t15?,16-/m0/s1. The molecule has 2 N–H and O–H groups in total. The maximum atomic E-state index is 14.7. The van der Waals surface area contributed by atoms with Gasteiger partial charge in [-0.15, -0.1) is 0 Å². The van der Waals surface area contributed by atoms with E-state index in [4.69, 9.17) is 4.74 Å². The smallest absolute Gasteiger partial charge is 0.257 e. The van der Waals surface area contributed by atoms with E-state index in [0.29, 0.717) is 23.3 Å². The number of nitrogens with zero attached hydrogens (tertiary/aromatic N) is 5. The van der Waals surface area contributed by atoms with E-state index >= 15 is 0 Å². The number of halogens is 3. The Kier molecular flexibility index (Phi) is 6.63. The lowest BCUT2D eigenvalue weighted by Crippen LogP contribution is -2.49. The van der Waals surface area contributed by atoms with Crippen molar-refractivity contribution in [3.63, 3.8) is 0 Å². The predicted octanol–water partition coefficient (Wildman–Crippen LogP) is 3.02. The van der Waals surface area contributed by atoms with Gasteiger partial charge >= 0.3 is 0 Å². The van der Waals surface area contributed by atoms with E-state index in [1.54, 1.807) is 6.20 Å². The Hall–Kier alpha value is -3.41. The second kappa shape index (κ2) is 9.61. The van der Waals surface area contributed by atoms with E-state index in [2.05, 4.69) is 31.9 Å². The van der Waals surface area contributed by atoms with Crippen molar-refractivity contribution in [2.75, 3.05) is 25.0 Å². The van der Waals surface area contributed by atoms with E-state index in [9.17, 15) is 18.0 Å². The minimum Gasteiger partial charge on any atom is -0.469 e. The molecule has 0 spiro atoms. The molecule has 0 amide bonds. The summed E-state index contributed by atoms with van der Waals surface area (Å²) in [6, 6.07) is 0.